The number of rotatable bonds is 2. The predicted octanol–water partition coefficient (Wildman–Crippen LogP) is 2.16. The Bertz CT molecular complexity index is 455. The van der Waals surface area contributed by atoms with E-state index in [1.54, 1.807) is 0 Å². The van der Waals surface area contributed by atoms with Crippen LogP contribution in [-0.4, -0.2) is 28.2 Å². The van der Waals surface area contributed by atoms with Gasteiger partial charge in [-0.1, -0.05) is 12.1 Å². The second kappa shape index (κ2) is 3.66. The number of nitrogens with zero attached hydrogens (tertiary/aromatic N) is 2. The molecule has 3 rings (SSSR count). The van der Waals surface area contributed by atoms with Gasteiger partial charge >= 0.3 is 0 Å². The van der Waals surface area contributed by atoms with E-state index in [2.05, 4.69) is 33.3 Å². The van der Waals surface area contributed by atoms with Crippen molar-refractivity contribution < 1.29 is 0 Å². The van der Waals surface area contributed by atoms with Crippen molar-refractivity contribution in [1.29, 1.82) is 0 Å². The molecule has 2 aromatic rings. The summed E-state index contributed by atoms with van der Waals surface area (Å²) in [4.78, 5) is 2.51. The maximum Gasteiger partial charge on any atom is 0.0653 e. The van der Waals surface area contributed by atoms with Crippen LogP contribution in [-0.2, 0) is 6.54 Å². The summed E-state index contributed by atoms with van der Waals surface area (Å²) in [5.74, 6) is 0. The van der Waals surface area contributed by atoms with Crippen molar-refractivity contribution in [2.75, 3.05) is 13.1 Å². The van der Waals surface area contributed by atoms with Crippen LogP contribution >= 0.6 is 0 Å². The molecule has 1 aliphatic heterocycles. The molecule has 3 heteroatoms. The molecular formula is C12H15N3. The van der Waals surface area contributed by atoms with Gasteiger partial charge in [0, 0.05) is 11.9 Å². The Kier molecular flexibility index (Phi) is 2.18. The minimum absolute atomic E-state index is 1.08. The zero-order valence-corrected chi connectivity index (χ0v) is 8.74. The highest BCUT2D eigenvalue weighted by atomic mass is 15.1. The number of benzene rings is 1. The van der Waals surface area contributed by atoms with Crippen LogP contribution in [0.25, 0.3) is 10.9 Å². The van der Waals surface area contributed by atoms with E-state index in [9.17, 15) is 0 Å². The Hall–Kier alpha value is -1.35. The first-order valence-corrected chi connectivity index (χ1v) is 5.56. The molecule has 1 saturated heterocycles. The molecule has 0 aliphatic carbocycles. The molecule has 0 spiro atoms. The van der Waals surface area contributed by atoms with Crippen molar-refractivity contribution in [2.45, 2.75) is 19.4 Å². The van der Waals surface area contributed by atoms with Crippen LogP contribution in [0, 0.1) is 0 Å². The molecule has 1 fully saturated rings. The van der Waals surface area contributed by atoms with Gasteiger partial charge in [0.1, 0.15) is 0 Å². The summed E-state index contributed by atoms with van der Waals surface area (Å²) in [6.45, 7) is 3.58. The molecule has 1 aromatic heterocycles. The lowest BCUT2D eigenvalue weighted by Crippen LogP contribution is -2.18. The fourth-order valence-electron chi connectivity index (χ4n) is 2.28. The van der Waals surface area contributed by atoms with Crippen LogP contribution in [0.5, 0.6) is 0 Å². The standard InChI is InChI=1S/C12H15N3/c1-2-6-15(5-1)9-10-3-4-11-8-13-14-12(11)7-10/h3-4,7-8H,1-2,5-6,9H2,(H,13,14). The maximum atomic E-state index is 4.04. The van der Waals surface area contributed by atoms with Crippen molar-refractivity contribution in [3.05, 3.63) is 30.0 Å². The van der Waals surface area contributed by atoms with Gasteiger partial charge in [0.15, 0.2) is 0 Å². The molecule has 1 aliphatic rings. The lowest BCUT2D eigenvalue weighted by Gasteiger charge is -2.14. The number of nitrogens with one attached hydrogen (secondary N) is 1. The molecular weight excluding hydrogens is 186 g/mol. The van der Waals surface area contributed by atoms with Crippen LogP contribution in [0.2, 0.25) is 0 Å². The van der Waals surface area contributed by atoms with E-state index in [1.807, 2.05) is 6.20 Å². The van der Waals surface area contributed by atoms with E-state index in [-0.39, 0.29) is 0 Å². The molecule has 0 radical (unpaired) electrons. The monoisotopic (exact) mass is 201 g/mol. The molecule has 78 valence electrons. The van der Waals surface area contributed by atoms with E-state index in [4.69, 9.17) is 0 Å². The van der Waals surface area contributed by atoms with Gasteiger partial charge in [-0.15, -0.1) is 0 Å². The molecule has 0 amide bonds. The highest BCUT2D eigenvalue weighted by Crippen LogP contribution is 2.16. The Balaban J connectivity index is 1.84. The SMILES string of the molecule is c1cc2cn[nH]c2cc1CN1CCCC1. The summed E-state index contributed by atoms with van der Waals surface area (Å²) in [7, 11) is 0. The topological polar surface area (TPSA) is 31.9 Å². The molecule has 1 N–H and O–H groups in total. The molecule has 3 nitrogen and oxygen atoms in total. The summed E-state index contributed by atoms with van der Waals surface area (Å²) in [5, 5.41) is 8.25. The van der Waals surface area contributed by atoms with Gasteiger partial charge in [0.2, 0.25) is 0 Å². The normalized spacial score (nSPS) is 17.6. The first kappa shape index (κ1) is 8.92. The summed E-state index contributed by atoms with van der Waals surface area (Å²) in [6.07, 6.45) is 4.58. The van der Waals surface area contributed by atoms with E-state index >= 15 is 0 Å². The third kappa shape index (κ3) is 1.75. The van der Waals surface area contributed by atoms with E-state index in [0.29, 0.717) is 0 Å². The quantitative estimate of drug-likeness (QED) is 0.807. The van der Waals surface area contributed by atoms with Crippen molar-refractivity contribution in [1.82, 2.24) is 15.1 Å². The fraction of sp³-hybridized carbons (Fsp3) is 0.417. The Morgan fingerprint density at radius 3 is 3.00 bits per heavy atom. The number of likely N-dealkylation sites (tertiary alicyclic amines) is 1. The number of aromatic nitrogens is 2. The maximum absolute atomic E-state index is 4.04. The van der Waals surface area contributed by atoms with E-state index in [0.717, 1.165) is 12.1 Å². The summed E-state index contributed by atoms with van der Waals surface area (Å²) < 4.78 is 0. The average molecular weight is 201 g/mol. The number of H-pyrrole nitrogens is 1. The molecule has 1 aromatic carbocycles. The van der Waals surface area contributed by atoms with Crippen molar-refractivity contribution >= 4 is 10.9 Å². The second-order valence-corrected chi connectivity index (χ2v) is 4.27. The molecule has 15 heavy (non-hydrogen) atoms. The van der Waals surface area contributed by atoms with Gasteiger partial charge in [-0.3, -0.25) is 10.00 Å². The van der Waals surface area contributed by atoms with Crippen LogP contribution in [0.4, 0.5) is 0 Å². The first-order valence-electron chi connectivity index (χ1n) is 5.56. The van der Waals surface area contributed by atoms with Gasteiger partial charge in [0.05, 0.1) is 11.7 Å². The minimum Gasteiger partial charge on any atom is -0.299 e. The molecule has 2 heterocycles. The molecule has 0 bridgehead atoms. The Morgan fingerprint density at radius 1 is 1.27 bits per heavy atom. The summed E-state index contributed by atoms with van der Waals surface area (Å²) in [5.41, 5.74) is 2.53. The predicted molar refractivity (Wildman–Crippen MR) is 60.6 cm³/mol. The van der Waals surface area contributed by atoms with Crippen LogP contribution < -0.4 is 0 Å². The number of hydrogen-bond acceptors (Lipinski definition) is 2. The molecule has 0 unspecified atom stereocenters. The van der Waals surface area contributed by atoms with Gasteiger partial charge in [-0.2, -0.15) is 5.10 Å². The van der Waals surface area contributed by atoms with Crippen LogP contribution in [0.15, 0.2) is 24.4 Å². The summed E-state index contributed by atoms with van der Waals surface area (Å²) >= 11 is 0. The van der Waals surface area contributed by atoms with Gasteiger partial charge in [-0.05, 0) is 37.6 Å². The van der Waals surface area contributed by atoms with Crippen LogP contribution in [0.3, 0.4) is 0 Å². The third-order valence-electron chi connectivity index (χ3n) is 3.11. The first-order chi connectivity index (χ1) is 7.42. The highest BCUT2D eigenvalue weighted by Gasteiger charge is 2.11. The van der Waals surface area contributed by atoms with Crippen molar-refractivity contribution in [2.24, 2.45) is 0 Å². The number of aromatic amines is 1. The van der Waals surface area contributed by atoms with Crippen LogP contribution in [0.1, 0.15) is 18.4 Å². The smallest absolute Gasteiger partial charge is 0.0653 e. The van der Waals surface area contributed by atoms with Gasteiger partial charge in [-0.25, -0.2) is 0 Å². The lowest BCUT2D eigenvalue weighted by molar-refractivity contribution is 0.331. The third-order valence-corrected chi connectivity index (χ3v) is 3.11. The minimum atomic E-state index is 1.08. The van der Waals surface area contributed by atoms with Crippen molar-refractivity contribution in [3.8, 4) is 0 Å². The Labute approximate surface area is 89.1 Å². The molecule has 0 atom stereocenters. The average Bonchev–Trinajstić information content (AvgIpc) is 2.87. The summed E-state index contributed by atoms with van der Waals surface area (Å²) in [6, 6.07) is 6.56. The fourth-order valence-corrected chi connectivity index (χ4v) is 2.28. The van der Waals surface area contributed by atoms with Gasteiger partial charge < -0.3 is 0 Å². The lowest BCUT2D eigenvalue weighted by atomic mass is 10.1. The van der Waals surface area contributed by atoms with Crippen molar-refractivity contribution in [3.63, 3.8) is 0 Å². The van der Waals surface area contributed by atoms with Gasteiger partial charge in [0.25, 0.3) is 0 Å². The highest BCUT2D eigenvalue weighted by molar-refractivity contribution is 5.78. The van der Waals surface area contributed by atoms with E-state index in [1.165, 1.54) is 36.9 Å². The number of fused-ring (bicyclic) bond motifs is 1. The van der Waals surface area contributed by atoms with E-state index < -0.39 is 0 Å². The molecule has 0 saturated carbocycles. The zero-order valence-electron chi connectivity index (χ0n) is 8.74. The second-order valence-electron chi connectivity index (χ2n) is 4.27. The number of hydrogen-bond donors (Lipinski definition) is 1. The Morgan fingerprint density at radius 2 is 2.13 bits per heavy atom. The zero-order chi connectivity index (χ0) is 10.1. The largest absolute Gasteiger partial charge is 0.299 e.